The van der Waals surface area contributed by atoms with Crippen molar-refractivity contribution in [3.05, 3.63) is 132 Å². The van der Waals surface area contributed by atoms with E-state index in [0.29, 0.717) is 28.6 Å². The highest BCUT2D eigenvalue weighted by atomic mass is 16.3. The van der Waals surface area contributed by atoms with Crippen LogP contribution in [0.25, 0.3) is 72.1 Å². The predicted molar refractivity (Wildman–Crippen MR) is 195 cm³/mol. The number of fused-ring (bicyclic) bond motifs is 3. The molecule has 0 saturated heterocycles. The lowest BCUT2D eigenvalue weighted by Crippen LogP contribution is -2.48. The van der Waals surface area contributed by atoms with Crippen LogP contribution >= 0.6 is 0 Å². The fourth-order valence-corrected chi connectivity index (χ4v) is 9.67. The Morgan fingerprint density at radius 1 is 0.571 bits per heavy atom. The highest BCUT2D eigenvalue weighted by molar-refractivity contribution is 6.10. The summed E-state index contributed by atoms with van der Waals surface area (Å²) >= 11 is 0. The molecular formula is C44H34N4O. The first-order chi connectivity index (χ1) is 24.1. The molecule has 2 aromatic heterocycles. The van der Waals surface area contributed by atoms with Crippen LogP contribution in [0.4, 0.5) is 5.69 Å². The van der Waals surface area contributed by atoms with Gasteiger partial charge in [-0.05, 0) is 91.0 Å². The van der Waals surface area contributed by atoms with E-state index >= 15 is 0 Å². The van der Waals surface area contributed by atoms with Crippen LogP contribution in [-0.4, -0.2) is 15.0 Å². The second kappa shape index (κ2) is 11.0. The van der Waals surface area contributed by atoms with Crippen LogP contribution in [0.1, 0.15) is 44.1 Å². The normalized spacial score (nSPS) is 22.5. The molecule has 5 aromatic carbocycles. The topological polar surface area (TPSA) is 56.2 Å². The molecule has 0 N–H and O–H groups in total. The highest BCUT2D eigenvalue weighted by Gasteiger charge is 2.51. The van der Waals surface area contributed by atoms with E-state index in [1.807, 2.05) is 54.6 Å². The van der Waals surface area contributed by atoms with E-state index in [2.05, 4.69) is 53.4 Å². The van der Waals surface area contributed by atoms with Crippen LogP contribution in [0.5, 0.6) is 0 Å². The standard InChI is InChI=1S/C44H34N4O/c1-45-35-17-12-32(13-18-35)42-46-41(31-6-3-2-4-7-31)47-43(48-42)33-14-19-39-38(23-33)37-9-5-8-36(40(37)49-39)30-10-15-34(16-11-30)44-24-27-20-28(25-44)22-29(21-27)26-44/h2-19,23,27-29H,20-22,24-26H2. The van der Waals surface area contributed by atoms with Crippen molar-refractivity contribution in [1.29, 1.82) is 0 Å². The molecule has 11 rings (SSSR count). The highest BCUT2D eigenvalue weighted by Crippen LogP contribution is 2.60. The molecule has 236 valence electrons. The zero-order valence-electron chi connectivity index (χ0n) is 27.1. The van der Waals surface area contributed by atoms with Crippen molar-refractivity contribution >= 4 is 27.6 Å². The molecule has 49 heavy (non-hydrogen) atoms. The summed E-state index contributed by atoms with van der Waals surface area (Å²) in [5.74, 6) is 4.57. The Morgan fingerprint density at radius 3 is 1.82 bits per heavy atom. The van der Waals surface area contributed by atoms with Crippen molar-refractivity contribution in [3.8, 4) is 45.3 Å². The Balaban J connectivity index is 1.04. The number of hydrogen-bond acceptors (Lipinski definition) is 4. The monoisotopic (exact) mass is 634 g/mol. The zero-order valence-corrected chi connectivity index (χ0v) is 27.1. The second-order valence-electron chi connectivity index (χ2n) is 14.6. The Hall–Kier alpha value is -5.60. The number of rotatable bonds is 5. The average molecular weight is 635 g/mol. The van der Waals surface area contributed by atoms with Crippen molar-refractivity contribution in [3.63, 3.8) is 0 Å². The van der Waals surface area contributed by atoms with Crippen molar-refractivity contribution in [1.82, 2.24) is 15.0 Å². The molecule has 4 aliphatic rings. The van der Waals surface area contributed by atoms with Crippen LogP contribution < -0.4 is 0 Å². The molecule has 4 saturated carbocycles. The average Bonchev–Trinajstić information content (AvgIpc) is 3.53. The van der Waals surface area contributed by atoms with Gasteiger partial charge in [-0.25, -0.2) is 19.8 Å². The molecule has 0 atom stereocenters. The minimum atomic E-state index is 0.394. The number of furan rings is 1. The van der Waals surface area contributed by atoms with Crippen LogP contribution in [0.15, 0.2) is 120 Å². The summed E-state index contributed by atoms with van der Waals surface area (Å²) in [6.07, 6.45) is 8.53. The van der Waals surface area contributed by atoms with E-state index in [1.165, 1.54) is 44.1 Å². The molecule has 2 heterocycles. The fraction of sp³-hybridized carbons (Fsp3) is 0.227. The van der Waals surface area contributed by atoms with E-state index in [1.54, 1.807) is 17.7 Å². The lowest BCUT2D eigenvalue weighted by molar-refractivity contribution is -0.00518. The molecule has 4 fully saturated rings. The maximum Gasteiger partial charge on any atom is 0.187 e. The Labute approximate surface area is 285 Å². The SMILES string of the molecule is [C-]#[N+]c1ccc(-c2nc(-c3ccccc3)nc(-c3ccc4oc5c(-c6ccc(C78CC9CC(CC(C9)C7)C8)cc6)cccc5c4c3)n2)cc1. The lowest BCUT2D eigenvalue weighted by atomic mass is 9.48. The van der Waals surface area contributed by atoms with Crippen LogP contribution in [0.2, 0.25) is 0 Å². The summed E-state index contributed by atoms with van der Waals surface area (Å²) in [6.45, 7) is 7.34. The van der Waals surface area contributed by atoms with Crippen molar-refractivity contribution < 1.29 is 4.42 Å². The summed E-state index contributed by atoms with van der Waals surface area (Å²) in [5, 5.41) is 2.11. The van der Waals surface area contributed by atoms with Crippen LogP contribution in [0.3, 0.4) is 0 Å². The van der Waals surface area contributed by atoms with Gasteiger partial charge < -0.3 is 4.42 Å². The maximum absolute atomic E-state index is 7.34. The number of aromatic nitrogens is 3. The summed E-state index contributed by atoms with van der Waals surface area (Å²) in [5.41, 5.74) is 9.20. The largest absolute Gasteiger partial charge is 0.455 e. The quantitative estimate of drug-likeness (QED) is 0.177. The number of para-hydroxylation sites is 1. The third-order valence-corrected chi connectivity index (χ3v) is 11.5. The minimum absolute atomic E-state index is 0.394. The zero-order chi connectivity index (χ0) is 32.5. The van der Waals surface area contributed by atoms with Crippen molar-refractivity contribution in [2.45, 2.75) is 43.9 Å². The third kappa shape index (κ3) is 4.77. The molecule has 0 amide bonds. The van der Waals surface area contributed by atoms with E-state index in [0.717, 1.165) is 61.9 Å². The number of benzene rings is 5. The molecule has 4 aliphatic carbocycles. The van der Waals surface area contributed by atoms with Crippen LogP contribution in [-0.2, 0) is 5.41 Å². The number of nitrogens with zero attached hydrogens (tertiary/aromatic N) is 4. The van der Waals surface area contributed by atoms with E-state index in [4.69, 9.17) is 25.9 Å². The second-order valence-corrected chi connectivity index (χ2v) is 14.6. The Kier molecular flexibility index (Phi) is 6.36. The van der Waals surface area contributed by atoms with Gasteiger partial charge in [0.25, 0.3) is 0 Å². The first-order valence-corrected chi connectivity index (χ1v) is 17.5. The van der Waals surface area contributed by atoms with Gasteiger partial charge in [0.15, 0.2) is 23.2 Å². The minimum Gasteiger partial charge on any atom is -0.455 e. The van der Waals surface area contributed by atoms with Gasteiger partial charge in [0.1, 0.15) is 11.2 Å². The van der Waals surface area contributed by atoms with Gasteiger partial charge >= 0.3 is 0 Å². The van der Waals surface area contributed by atoms with E-state index in [9.17, 15) is 0 Å². The molecule has 0 radical (unpaired) electrons. The Bertz CT molecular complexity index is 2380. The van der Waals surface area contributed by atoms with Gasteiger partial charge in [0.05, 0.1) is 6.57 Å². The number of hydrogen-bond donors (Lipinski definition) is 0. The van der Waals surface area contributed by atoms with Crippen LogP contribution in [0, 0.1) is 24.3 Å². The summed E-state index contributed by atoms with van der Waals surface area (Å²) in [6, 6.07) is 39.5. The van der Waals surface area contributed by atoms with Gasteiger partial charge in [0, 0.05) is 33.0 Å². The molecule has 7 aromatic rings. The molecule has 0 spiro atoms. The van der Waals surface area contributed by atoms with Gasteiger partial charge in [-0.2, -0.15) is 0 Å². The van der Waals surface area contributed by atoms with E-state index < -0.39 is 0 Å². The van der Waals surface area contributed by atoms with E-state index in [-0.39, 0.29) is 0 Å². The maximum atomic E-state index is 7.34. The first-order valence-electron chi connectivity index (χ1n) is 17.5. The van der Waals surface area contributed by atoms with Crippen molar-refractivity contribution in [2.24, 2.45) is 17.8 Å². The summed E-state index contributed by atoms with van der Waals surface area (Å²) in [4.78, 5) is 18.3. The smallest absolute Gasteiger partial charge is 0.187 e. The third-order valence-electron chi connectivity index (χ3n) is 11.5. The first kappa shape index (κ1) is 28.4. The Morgan fingerprint density at radius 2 is 1.16 bits per heavy atom. The molecule has 4 bridgehead atoms. The molecular weight excluding hydrogens is 601 g/mol. The van der Waals surface area contributed by atoms with Gasteiger partial charge in [0.2, 0.25) is 0 Å². The molecule has 5 nitrogen and oxygen atoms in total. The van der Waals surface area contributed by atoms with Crippen molar-refractivity contribution in [2.75, 3.05) is 0 Å². The predicted octanol–water partition coefficient (Wildman–Crippen LogP) is 11.5. The fourth-order valence-electron chi connectivity index (χ4n) is 9.67. The summed E-state index contributed by atoms with van der Waals surface area (Å²) in [7, 11) is 0. The lowest BCUT2D eigenvalue weighted by Gasteiger charge is -2.57. The van der Waals surface area contributed by atoms with Gasteiger partial charge in [-0.3, -0.25) is 0 Å². The van der Waals surface area contributed by atoms with Gasteiger partial charge in [-0.15, -0.1) is 0 Å². The summed E-state index contributed by atoms with van der Waals surface area (Å²) < 4.78 is 6.59. The molecule has 0 aliphatic heterocycles. The molecule has 5 heteroatoms. The van der Waals surface area contributed by atoms with Gasteiger partial charge in [-0.1, -0.05) is 97.1 Å². The molecule has 0 unspecified atom stereocenters.